The Kier molecular flexibility index (Phi) is 9.33. The quantitative estimate of drug-likeness (QED) is 0.181. The van der Waals surface area contributed by atoms with Crippen LogP contribution < -0.4 is 0 Å². The average Bonchev–Trinajstić information content (AvgIpc) is 3.12. The van der Waals surface area contributed by atoms with E-state index in [9.17, 15) is 40.2 Å². The van der Waals surface area contributed by atoms with Gasteiger partial charge in [0.25, 0.3) is 0 Å². The molecule has 36 heavy (non-hydrogen) atoms. The fourth-order valence-corrected chi connectivity index (χ4v) is 4.73. The van der Waals surface area contributed by atoms with Gasteiger partial charge in [0.2, 0.25) is 6.29 Å². The van der Waals surface area contributed by atoms with Gasteiger partial charge in [-0.05, 0) is 18.4 Å². The van der Waals surface area contributed by atoms with Crippen molar-refractivity contribution < 1.29 is 63.9 Å². The summed E-state index contributed by atoms with van der Waals surface area (Å²) in [5.41, 5.74) is -1.59. The fourth-order valence-electron chi connectivity index (χ4n) is 4.73. The molecule has 2 fully saturated rings. The minimum Gasteiger partial charge on any atom is -0.463 e. The Morgan fingerprint density at radius 2 is 1.86 bits per heavy atom. The third-order valence-electron chi connectivity index (χ3n) is 7.20. The first kappa shape index (κ1) is 28.7. The Morgan fingerprint density at radius 3 is 2.47 bits per heavy atom. The van der Waals surface area contributed by atoms with E-state index in [1.807, 2.05) is 0 Å². The van der Waals surface area contributed by atoms with Crippen LogP contribution in [0.2, 0.25) is 0 Å². The third-order valence-corrected chi connectivity index (χ3v) is 7.20. The molecule has 3 aliphatic rings. The number of esters is 2. The Balaban J connectivity index is 1.81. The van der Waals surface area contributed by atoms with Crippen LogP contribution in [-0.2, 0) is 33.3 Å². The molecule has 2 heterocycles. The molecule has 206 valence electrons. The number of aliphatic hydroxyl groups is 6. The first-order chi connectivity index (χ1) is 16.9. The predicted octanol–water partition coefficient (Wildman–Crippen LogP) is -2.08. The molecule has 1 saturated carbocycles. The molecule has 0 aromatic carbocycles. The van der Waals surface area contributed by atoms with Crippen LogP contribution in [-0.4, -0.2) is 111 Å². The van der Waals surface area contributed by atoms with Gasteiger partial charge in [-0.3, -0.25) is 9.59 Å². The van der Waals surface area contributed by atoms with Crippen molar-refractivity contribution in [2.45, 2.75) is 82.3 Å². The third kappa shape index (κ3) is 5.68. The number of rotatable bonds is 9. The molecule has 0 aromatic heterocycles. The molecule has 11 atom stereocenters. The number of carbonyl (C=O) groups excluding carboxylic acids is 2. The van der Waals surface area contributed by atoms with Crippen LogP contribution in [0.25, 0.3) is 0 Å². The summed E-state index contributed by atoms with van der Waals surface area (Å²) in [6, 6.07) is 0. The van der Waals surface area contributed by atoms with Crippen molar-refractivity contribution >= 4 is 11.9 Å². The monoisotopic (exact) mass is 520 g/mol. The Labute approximate surface area is 208 Å². The second-order valence-corrected chi connectivity index (χ2v) is 9.61. The molecule has 0 bridgehead atoms. The summed E-state index contributed by atoms with van der Waals surface area (Å²) in [7, 11) is 0. The van der Waals surface area contributed by atoms with Crippen LogP contribution in [0.4, 0.5) is 0 Å². The zero-order valence-electron chi connectivity index (χ0n) is 20.4. The molecule has 13 nitrogen and oxygen atoms in total. The van der Waals surface area contributed by atoms with Gasteiger partial charge in [-0.1, -0.05) is 13.8 Å². The second kappa shape index (κ2) is 11.7. The van der Waals surface area contributed by atoms with E-state index >= 15 is 0 Å². The summed E-state index contributed by atoms with van der Waals surface area (Å²) in [4.78, 5) is 23.9. The molecule has 1 aliphatic carbocycles. The minimum atomic E-state index is -2.00. The summed E-state index contributed by atoms with van der Waals surface area (Å²) < 4.78 is 27.1. The summed E-state index contributed by atoms with van der Waals surface area (Å²) in [6.07, 6.45) is -8.26. The van der Waals surface area contributed by atoms with E-state index in [4.69, 9.17) is 23.7 Å². The Bertz CT molecular complexity index is 816. The first-order valence-electron chi connectivity index (χ1n) is 11.9. The molecule has 13 heteroatoms. The summed E-state index contributed by atoms with van der Waals surface area (Å²) in [6.45, 7) is 3.19. The van der Waals surface area contributed by atoms with Gasteiger partial charge in [0.15, 0.2) is 6.29 Å². The largest absolute Gasteiger partial charge is 0.463 e. The average molecular weight is 521 g/mol. The molecule has 3 rings (SSSR count). The smallest absolute Gasteiger partial charge is 0.311 e. The molecule has 0 amide bonds. The van der Waals surface area contributed by atoms with E-state index in [0.29, 0.717) is 12.0 Å². The van der Waals surface area contributed by atoms with Gasteiger partial charge in [-0.25, -0.2) is 0 Å². The van der Waals surface area contributed by atoms with Crippen LogP contribution in [0.15, 0.2) is 11.8 Å². The minimum absolute atomic E-state index is 0.00690. The standard InChI is InChI=1S/C23H36O13/c1-4-10(2)20(30)36-21-16-13(5-15(26)23(16,31)9-34-11(3)25)12(7-32-21)8-33-22-19(29)18(28)17(27)14(6-24)35-22/h7,10,13-19,21-22,24,26-29,31H,4-6,8-9H2,1-3H3/t10?,13?,14-,15+,16?,17-,18+,19-,21+,22-,23-/m1/s1. The van der Waals surface area contributed by atoms with E-state index < -0.39 is 91.6 Å². The molecule has 0 spiro atoms. The van der Waals surface area contributed by atoms with E-state index in [0.717, 1.165) is 6.92 Å². The number of ether oxygens (including phenoxy) is 5. The summed E-state index contributed by atoms with van der Waals surface area (Å²) >= 11 is 0. The van der Waals surface area contributed by atoms with Crippen molar-refractivity contribution in [2.75, 3.05) is 19.8 Å². The molecular weight excluding hydrogens is 484 g/mol. The van der Waals surface area contributed by atoms with E-state index in [2.05, 4.69) is 0 Å². The van der Waals surface area contributed by atoms with Crippen LogP contribution in [0.3, 0.4) is 0 Å². The molecule has 0 radical (unpaired) electrons. The zero-order valence-corrected chi connectivity index (χ0v) is 20.4. The number of hydrogen-bond acceptors (Lipinski definition) is 13. The fraction of sp³-hybridized carbons (Fsp3) is 0.826. The van der Waals surface area contributed by atoms with Gasteiger partial charge in [0.05, 0.1) is 37.4 Å². The maximum absolute atomic E-state index is 12.5. The van der Waals surface area contributed by atoms with Gasteiger partial charge >= 0.3 is 11.9 Å². The highest BCUT2D eigenvalue weighted by Crippen LogP contribution is 2.49. The lowest BCUT2D eigenvalue weighted by Crippen LogP contribution is -2.59. The number of hydrogen-bond donors (Lipinski definition) is 6. The maximum Gasteiger partial charge on any atom is 0.311 e. The van der Waals surface area contributed by atoms with Gasteiger partial charge in [0, 0.05) is 12.8 Å². The SMILES string of the molecule is CCC(C)C(=O)O[C@@H]1OC=C(CO[C@@H]2O[C@H](CO)[C@@H](O)[C@H](O)[C@H]2O)C2C[C@H](O)[C@](O)(COC(C)=O)C21. The van der Waals surface area contributed by atoms with Gasteiger partial charge in [-0.2, -0.15) is 0 Å². The van der Waals surface area contributed by atoms with Gasteiger partial charge < -0.3 is 54.3 Å². The number of aliphatic hydroxyl groups excluding tert-OH is 5. The summed E-state index contributed by atoms with van der Waals surface area (Å²) in [5, 5.41) is 61.6. The van der Waals surface area contributed by atoms with Crippen molar-refractivity contribution in [3.05, 3.63) is 11.8 Å². The van der Waals surface area contributed by atoms with Crippen LogP contribution in [0.1, 0.15) is 33.6 Å². The highest BCUT2D eigenvalue weighted by atomic mass is 16.7. The molecule has 3 unspecified atom stereocenters. The van der Waals surface area contributed by atoms with Crippen LogP contribution in [0.5, 0.6) is 0 Å². The highest BCUT2D eigenvalue weighted by molar-refractivity contribution is 5.72. The normalized spacial score (nSPS) is 41.0. The van der Waals surface area contributed by atoms with E-state index in [1.165, 1.54) is 6.26 Å². The second-order valence-electron chi connectivity index (χ2n) is 9.61. The van der Waals surface area contributed by atoms with Crippen molar-refractivity contribution in [2.24, 2.45) is 17.8 Å². The first-order valence-corrected chi connectivity index (χ1v) is 11.9. The molecular formula is C23H36O13. The Hall–Kier alpha value is -1.84. The maximum atomic E-state index is 12.5. The van der Waals surface area contributed by atoms with E-state index in [1.54, 1.807) is 13.8 Å². The van der Waals surface area contributed by atoms with Crippen molar-refractivity contribution in [1.82, 2.24) is 0 Å². The number of carbonyl (C=O) groups is 2. The lowest BCUT2D eigenvalue weighted by molar-refractivity contribution is -0.299. The zero-order chi connectivity index (χ0) is 26.8. The van der Waals surface area contributed by atoms with Crippen molar-refractivity contribution in [3.63, 3.8) is 0 Å². The van der Waals surface area contributed by atoms with E-state index in [-0.39, 0.29) is 13.0 Å². The Morgan fingerprint density at radius 1 is 1.17 bits per heavy atom. The highest BCUT2D eigenvalue weighted by Gasteiger charge is 2.61. The van der Waals surface area contributed by atoms with Crippen LogP contribution >= 0.6 is 0 Å². The van der Waals surface area contributed by atoms with Gasteiger partial charge in [-0.15, -0.1) is 0 Å². The summed E-state index contributed by atoms with van der Waals surface area (Å²) in [5.74, 6) is -3.36. The molecule has 2 aliphatic heterocycles. The van der Waals surface area contributed by atoms with Crippen molar-refractivity contribution in [3.8, 4) is 0 Å². The lowest BCUT2D eigenvalue weighted by atomic mass is 9.80. The number of fused-ring (bicyclic) bond motifs is 1. The molecule has 6 N–H and O–H groups in total. The van der Waals surface area contributed by atoms with Crippen molar-refractivity contribution in [1.29, 1.82) is 0 Å². The molecule has 1 saturated heterocycles. The van der Waals surface area contributed by atoms with Crippen LogP contribution in [0, 0.1) is 17.8 Å². The lowest BCUT2D eigenvalue weighted by Gasteiger charge is -2.41. The van der Waals surface area contributed by atoms with Gasteiger partial charge in [0.1, 0.15) is 36.6 Å². The molecule has 0 aromatic rings. The topological polar surface area (TPSA) is 202 Å². The predicted molar refractivity (Wildman–Crippen MR) is 117 cm³/mol.